The zero-order chi connectivity index (χ0) is 25.2. The van der Waals surface area contributed by atoms with Crippen molar-refractivity contribution in [1.29, 1.82) is 0 Å². The zero-order valence-corrected chi connectivity index (χ0v) is 19.9. The number of pyridine rings is 1. The van der Waals surface area contributed by atoms with Gasteiger partial charge in [0.15, 0.2) is 0 Å². The third kappa shape index (κ3) is 6.19. The van der Waals surface area contributed by atoms with Crippen LogP contribution in [0.3, 0.4) is 0 Å². The van der Waals surface area contributed by atoms with Crippen molar-refractivity contribution < 1.29 is 22.7 Å². The molecule has 3 aromatic rings. The van der Waals surface area contributed by atoms with E-state index in [-0.39, 0.29) is 29.8 Å². The number of carbonyl (C=O) groups excluding carboxylic acids is 1. The summed E-state index contributed by atoms with van der Waals surface area (Å²) >= 11 is 0. The number of hydrogen-bond donors (Lipinski definition) is 1. The predicted octanol–water partition coefficient (Wildman–Crippen LogP) is 6.14. The molecule has 2 heterocycles. The van der Waals surface area contributed by atoms with Gasteiger partial charge in [0.1, 0.15) is 0 Å². The highest BCUT2D eigenvalue weighted by Crippen LogP contribution is 2.36. The van der Waals surface area contributed by atoms with Gasteiger partial charge < -0.3 is 15.0 Å². The highest BCUT2D eigenvalue weighted by atomic mass is 19.4. The summed E-state index contributed by atoms with van der Waals surface area (Å²) in [5, 5.41) is 2.86. The molecule has 1 aliphatic rings. The van der Waals surface area contributed by atoms with Crippen molar-refractivity contribution in [2.75, 3.05) is 13.1 Å². The molecule has 0 radical (unpaired) electrons. The maximum absolute atomic E-state index is 13.9. The highest BCUT2D eigenvalue weighted by Gasteiger charge is 2.36. The molecule has 0 aliphatic carbocycles. The number of alkyl halides is 3. The number of carbonyl (C=O) groups is 1. The largest absolute Gasteiger partial charge is 0.416 e. The predicted molar refractivity (Wildman–Crippen MR) is 129 cm³/mol. The van der Waals surface area contributed by atoms with Gasteiger partial charge in [0.2, 0.25) is 0 Å². The van der Waals surface area contributed by atoms with Crippen molar-refractivity contribution in [3.63, 3.8) is 0 Å². The molecule has 0 bridgehead atoms. The molecular formula is C27H28F3N3O2. The first-order valence-corrected chi connectivity index (χ1v) is 11.4. The van der Waals surface area contributed by atoms with E-state index in [0.717, 1.165) is 11.1 Å². The monoisotopic (exact) mass is 483 g/mol. The van der Waals surface area contributed by atoms with Crippen LogP contribution in [0.25, 0.3) is 22.3 Å². The van der Waals surface area contributed by atoms with Gasteiger partial charge in [-0.25, -0.2) is 4.79 Å². The van der Waals surface area contributed by atoms with Crippen LogP contribution < -0.4 is 5.32 Å². The van der Waals surface area contributed by atoms with Gasteiger partial charge in [0.05, 0.1) is 31.4 Å². The van der Waals surface area contributed by atoms with E-state index in [4.69, 9.17) is 4.74 Å². The molecule has 2 amide bonds. The second-order valence-corrected chi connectivity index (χ2v) is 9.71. The summed E-state index contributed by atoms with van der Waals surface area (Å²) in [6, 6.07) is 15.2. The third-order valence-electron chi connectivity index (χ3n) is 5.72. The summed E-state index contributed by atoms with van der Waals surface area (Å²) in [7, 11) is 0. The number of amides is 2. The molecule has 5 nitrogen and oxygen atoms in total. The minimum Gasteiger partial charge on any atom is -0.370 e. The van der Waals surface area contributed by atoms with Crippen molar-refractivity contribution in [2.45, 2.75) is 45.2 Å². The van der Waals surface area contributed by atoms with E-state index in [1.165, 1.54) is 12.1 Å². The number of nitrogens with zero attached hydrogens (tertiary/aromatic N) is 2. The highest BCUT2D eigenvalue weighted by molar-refractivity contribution is 5.76. The van der Waals surface area contributed by atoms with Gasteiger partial charge in [-0.3, -0.25) is 4.98 Å². The fraction of sp³-hybridized carbons (Fsp3) is 0.333. The van der Waals surface area contributed by atoms with Crippen molar-refractivity contribution in [3.05, 3.63) is 78.1 Å². The minimum atomic E-state index is -4.51. The Morgan fingerprint density at radius 2 is 1.63 bits per heavy atom. The van der Waals surface area contributed by atoms with Gasteiger partial charge in [0.25, 0.3) is 0 Å². The molecule has 0 spiro atoms. The summed E-state index contributed by atoms with van der Waals surface area (Å²) in [6.07, 6.45) is -1.37. The van der Waals surface area contributed by atoms with Gasteiger partial charge in [-0.05, 0) is 60.7 Å². The molecule has 1 aromatic heterocycles. The van der Waals surface area contributed by atoms with Crippen LogP contribution in [0, 0.1) is 0 Å². The van der Waals surface area contributed by atoms with Crippen LogP contribution >= 0.6 is 0 Å². The van der Waals surface area contributed by atoms with Crippen molar-refractivity contribution in [2.24, 2.45) is 0 Å². The van der Waals surface area contributed by atoms with Gasteiger partial charge in [-0.1, -0.05) is 42.5 Å². The molecule has 1 fully saturated rings. The normalized spacial score (nSPS) is 14.5. The second kappa shape index (κ2) is 9.70. The average Bonchev–Trinajstić information content (AvgIpc) is 2.77. The second-order valence-electron chi connectivity index (χ2n) is 9.71. The van der Waals surface area contributed by atoms with Gasteiger partial charge in [0, 0.05) is 17.9 Å². The Bertz CT molecular complexity index is 1170. The molecule has 4 rings (SSSR count). The number of benzene rings is 2. The fourth-order valence-electron chi connectivity index (χ4n) is 3.85. The molecule has 1 aliphatic heterocycles. The first-order chi connectivity index (χ1) is 16.5. The van der Waals surface area contributed by atoms with Crippen LogP contribution in [-0.4, -0.2) is 40.6 Å². The smallest absolute Gasteiger partial charge is 0.370 e. The SMILES string of the molecule is CC(C)(C)NC(=O)N1CC(OCc2ccc(-c3ccc(-c4cccnc4)cc3)cc2C(F)(F)F)C1. The third-order valence-corrected chi connectivity index (χ3v) is 5.72. The summed E-state index contributed by atoms with van der Waals surface area (Å²) in [5.74, 6) is 0. The van der Waals surface area contributed by atoms with Gasteiger partial charge >= 0.3 is 12.2 Å². The Morgan fingerprint density at radius 3 is 2.20 bits per heavy atom. The Kier molecular flexibility index (Phi) is 6.85. The zero-order valence-electron chi connectivity index (χ0n) is 19.9. The number of nitrogens with one attached hydrogen (secondary N) is 1. The van der Waals surface area contributed by atoms with Crippen LogP contribution in [0.15, 0.2) is 67.0 Å². The number of hydrogen-bond acceptors (Lipinski definition) is 3. The first kappa shape index (κ1) is 24.7. The first-order valence-electron chi connectivity index (χ1n) is 11.4. The van der Waals surface area contributed by atoms with E-state index in [1.807, 2.05) is 45.0 Å². The number of urea groups is 1. The Hall–Kier alpha value is -3.39. The lowest BCUT2D eigenvalue weighted by Crippen LogP contribution is -2.60. The summed E-state index contributed by atoms with van der Waals surface area (Å²) in [5.41, 5.74) is 2.05. The van der Waals surface area contributed by atoms with Gasteiger partial charge in [-0.15, -0.1) is 0 Å². The molecule has 2 aromatic carbocycles. The molecule has 0 saturated carbocycles. The van der Waals surface area contributed by atoms with E-state index < -0.39 is 11.7 Å². The number of aromatic nitrogens is 1. The van der Waals surface area contributed by atoms with Crippen LogP contribution in [-0.2, 0) is 17.5 Å². The van der Waals surface area contributed by atoms with Crippen molar-refractivity contribution >= 4 is 6.03 Å². The van der Waals surface area contributed by atoms with Crippen LogP contribution in [0.4, 0.5) is 18.0 Å². The van der Waals surface area contributed by atoms with E-state index >= 15 is 0 Å². The number of halogens is 3. The number of likely N-dealkylation sites (tertiary alicyclic amines) is 1. The lowest BCUT2D eigenvalue weighted by Gasteiger charge is -2.40. The Labute approximate surface area is 202 Å². The Balaban J connectivity index is 1.43. The Morgan fingerprint density at radius 1 is 1.00 bits per heavy atom. The van der Waals surface area contributed by atoms with Crippen LogP contribution in [0.1, 0.15) is 31.9 Å². The molecule has 184 valence electrons. The van der Waals surface area contributed by atoms with Gasteiger partial charge in [-0.2, -0.15) is 13.2 Å². The van der Waals surface area contributed by atoms with E-state index in [2.05, 4.69) is 10.3 Å². The fourth-order valence-corrected chi connectivity index (χ4v) is 3.85. The molecule has 0 unspecified atom stereocenters. The van der Waals surface area contributed by atoms with Crippen LogP contribution in [0.2, 0.25) is 0 Å². The van der Waals surface area contributed by atoms with E-state index in [1.54, 1.807) is 35.5 Å². The molecule has 0 atom stereocenters. The quantitative estimate of drug-likeness (QED) is 0.474. The number of rotatable bonds is 5. The minimum absolute atomic E-state index is 0.0748. The molecule has 1 saturated heterocycles. The molecule has 35 heavy (non-hydrogen) atoms. The maximum atomic E-state index is 13.9. The molecule has 1 N–H and O–H groups in total. The standard InChI is InChI=1S/C27H28F3N3O2/c1-26(2,3)32-25(34)33-15-23(16-33)35-17-22-11-10-20(13-24(22)27(28,29)30)18-6-8-19(9-7-18)21-5-4-12-31-14-21/h4-14,23H,15-17H2,1-3H3,(H,32,34). The topological polar surface area (TPSA) is 54.5 Å². The molecule has 8 heteroatoms. The summed E-state index contributed by atoms with van der Waals surface area (Å²) in [6.45, 7) is 6.19. The van der Waals surface area contributed by atoms with Crippen molar-refractivity contribution in [1.82, 2.24) is 15.2 Å². The van der Waals surface area contributed by atoms with Crippen LogP contribution in [0.5, 0.6) is 0 Å². The summed E-state index contributed by atoms with van der Waals surface area (Å²) in [4.78, 5) is 17.8. The number of ether oxygens (including phenoxy) is 1. The summed E-state index contributed by atoms with van der Waals surface area (Å²) < 4.78 is 47.2. The van der Waals surface area contributed by atoms with Crippen molar-refractivity contribution in [3.8, 4) is 22.3 Å². The average molecular weight is 484 g/mol. The molecular weight excluding hydrogens is 455 g/mol. The van der Waals surface area contributed by atoms with E-state index in [9.17, 15) is 18.0 Å². The van der Waals surface area contributed by atoms with E-state index in [0.29, 0.717) is 24.2 Å². The maximum Gasteiger partial charge on any atom is 0.416 e. The lowest BCUT2D eigenvalue weighted by molar-refractivity contribution is -0.139. The lowest BCUT2D eigenvalue weighted by atomic mass is 9.97.